The highest BCUT2D eigenvalue weighted by Gasteiger charge is 2.48. The van der Waals surface area contributed by atoms with Crippen LogP contribution in [0.3, 0.4) is 0 Å². The van der Waals surface area contributed by atoms with Crippen molar-refractivity contribution >= 4 is 0 Å². The first-order chi connectivity index (χ1) is 18.4. The Hall–Kier alpha value is -4.89. The van der Waals surface area contributed by atoms with Crippen LogP contribution in [0.5, 0.6) is 0 Å². The van der Waals surface area contributed by atoms with Crippen molar-refractivity contribution in [1.82, 2.24) is 15.0 Å². The monoisotopic (exact) mass is 473 g/mol. The maximum Gasteiger partial charge on any atom is 0.163 e. The lowest BCUT2D eigenvalue weighted by Gasteiger charge is -2.31. The third kappa shape index (κ3) is 3.32. The first-order valence-electron chi connectivity index (χ1n) is 12.5. The summed E-state index contributed by atoms with van der Waals surface area (Å²) in [5.41, 5.74) is 7.19. The van der Waals surface area contributed by atoms with Gasteiger partial charge >= 0.3 is 0 Å². The van der Waals surface area contributed by atoms with Gasteiger partial charge in [-0.3, -0.25) is 0 Å². The highest BCUT2D eigenvalue weighted by atomic mass is 15.0. The molecule has 0 fully saturated rings. The lowest BCUT2D eigenvalue weighted by atomic mass is 9.71. The summed E-state index contributed by atoms with van der Waals surface area (Å²) >= 11 is 0. The van der Waals surface area contributed by atoms with Gasteiger partial charge in [0.1, 0.15) is 5.41 Å². The van der Waals surface area contributed by atoms with Gasteiger partial charge in [-0.05, 0) is 27.8 Å². The van der Waals surface area contributed by atoms with Crippen molar-refractivity contribution in [3.8, 4) is 33.9 Å². The lowest BCUT2D eigenvalue weighted by Crippen LogP contribution is -2.31. The Balaban J connectivity index is 1.62. The van der Waals surface area contributed by atoms with Gasteiger partial charge in [-0.1, -0.05) is 140 Å². The highest BCUT2D eigenvalue weighted by molar-refractivity contribution is 5.85. The van der Waals surface area contributed by atoms with Crippen molar-refractivity contribution in [1.29, 1.82) is 0 Å². The zero-order chi connectivity index (χ0) is 24.7. The normalized spacial score (nSPS) is 13.1. The minimum Gasteiger partial charge on any atom is -0.211 e. The molecule has 1 heterocycles. The lowest BCUT2D eigenvalue weighted by molar-refractivity contribution is 0.692. The predicted molar refractivity (Wildman–Crippen MR) is 148 cm³/mol. The smallest absolute Gasteiger partial charge is 0.163 e. The maximum atomic E-state index is 5.24. The molecule has 7 rings (SSSR count). The third-order valence-electron chi connectivity index (χ3n) is 7.19. The van der Waals surface area contributed by atoms with Crippen LogP contribution in [0.15, 0.2) is 140 Å². The summed E-state index contributed by atoms with van der Waals surface area (Å²) in [6.07, 6.45) is 0. The Kier molecular flexibility index (Phi) is 5.00. The van der Waals surface area contributed by atoms with Gasteiger partial charge in [0.25, 0.3) is 0 Å². The van der Waals surface area contributed by atoms with Crippen molar-refractivity contribution in [2.24, 2.45) is 0 Å². The average molecular weight is 474 g/mol. The summed E-state index contributed by atoms with van der Waals surface area (Å²) < 4.78 is 0. The molecular weight excluding hydrogens is 450 g/mol. The van der Waals surface area contributed by atoms with E-state index in [1.165, 1.54) is 22.3 Å². The van der Waals surface area contributed by atoms with Crippen molar-refractivity contribution in [2.75, 3.05) is 0 Å². The molecule has 3 heteroatoms. The van der Waals surface area contributed by atoms with E-state index in [-0.39, 0.29) is 0 Å². The Labute approximate surface area is 216 Å². The molecule has 1 aliphatic carbocycles. The summed E-state index contributed by atoms with van der Waals surface area (Å²) in [4.78, 5) is 15.4. The molecule has 37 heavy (non-hydrogen) atoms. The van der Waals surface area contributed by atoms with Crippen molar-refractivity contribution in [3.05, 3.63) is 162 Å². The Morgan fingerprint density at radius 1 is 0.378 bits per heavy atom. The Bertz CT molecular complexity index is 1610. The van der Waals surface area contributed by atoms with Gasteiger partial charge in [0.2, 0.25) is 0 Å². The van der Waals surface area contributed by atoms with Crippen LogP contribution in [0.1, 0.15) is 22.5 Å². The maximum absolute atomic E-state index is 5.24. The van der Waals surface area contributed by atoms with Gasteiger partial charge in [-0.25, -0.2) is 15.0 Å². The summed E-state index contributed by atoms with van der Waals surface area (Å²) in [7, 11) is 0. The molecule has 0 radical (unpaired) electrons. The molecule has 0 spiro atoms. The summed E-state index contributed by atoms with van der Waals surface area (Å²) in [6.45, 7) is 0. The van der Waals surface area contributed by atoms with E-state index in [9.17, 15) is 0 Å². The molecule has 0 amide bonds. The first kappa shape index (κ1) is 21.4. The molecule has 0 aliphatic heterocycles. The van der Waals surface area contributed by atoms with Crippen molar-refractivity contribution < 1.29 is 0 Å². The van der Waals surface area contributed by atoms with E-state index in [1.54, 1.807) is 0 Å². The molecular formula is C34H23N3. The molecule has 6 aromatic rings. The molecule has 0 unspecified atom stereocenters. The number of aromatic nitrogens is 3. The number of benzene rings is 5. The highest BCUT2D eigenvalue weighted by Crippen LogP contribution is 2.55. The molecule has 174 valence electrons. The molecule has 0 saturated heterocycles. The SMILES string of the molecule is c1ccc(-c2nc(-c3ccccc3)nc(C3(c4ccccc4)c4ccccc4-c4ccccc43)n2)cc1. The summed E-state index contributed by atoms with van der Waals surface area (Å²) in [5, 5.41) is 0. The molecule has 1 aromatic heterocycles. The van der Waals surface area contributed by atoms with Crippen LogP contribution in [-0.4, -0.2) is 15.0 Å². The Morgan fingerprint density at radius 2 is 0.784 bits per heavy atom. The van der Waals surface area contributed by atoms with Crippen molar-refractivity contribution in [3.63, 3.8) is 0 Å². The molecule has 5 aromatic carbocycles. The van der Waals surface area contributed by atoms with Gasteiger partial charge in [0, 0.05) is 11.1 Å². The van der Waals surface area contributed by atoms with E-state index in [1.807, 2.05) is 36.4 Å². The second kappa shape index (κ2) is 8.65. The van der Waals surface area contributed by atoms with E-state index in [2.05, 4.69) is 103 Å². The zero-order valence-corrected chi connectivity index (χ0v) is 20.1. The number of hydrogen-bond acceptors (Lipinski definition) is 3. The Morgan fingerprint density at radius 3 is 1.27 bits per heavy atom. The molecule has 0 atom stereocenters. The molecule has 0 bridgehead atoms. The van der Waals surface area contributed by atoms with E-state index >= 15 is 0 Å². The van der Waals surface area contributed by atoms with Crippen molar-refractivity contribution in [2.45, 2.75) is 5.41 Å². The topological polar surface area (TPSA) is 38.7 Å². The van der Waals surface area contributed by atoms with Gasteiger partial charge in [-0.15, -0.1) is 0 Å². The van der Waals surface area contributed by atoms with Crippen LogP contribution >= 0.6 is 0 Å². The van der Waals surface area contributed by atoms with Gasteiger partial charge in [-0.2, -0.15) is 0 Å². The second-order valence-electron chi connectivity index (χ2n) is 9.25. The average Bonchev–Trinajstić information content (AvgIpc) is 3.30. The van der Waals surface area contributed by atoms with E-state index in [0.29, 0.717) is 11.6 Å². The number of rotatable bonds is 4. The van der Waals surface area contributed by atoms with Gasteiger partial charge in [0.15, 0.2) is 17.5 Å². The minimum atomic E-state index is -0.676. The fourth-order valence-electron chi connectivity index (χ4n) is 5.58. The fraction of sp³-hybridized carbons (Fsp3) is 0.0294. The van der Waals surface area contributed by atoms with Crippen LogP contribution < -0.4 is 0 Å². The molecule has 0 N–H and O–H groups in total. The molecule has 0 saturated carbocycles. The second-order valence-corrected chi connectivity index (χ2v) is 9.25. The number of fused-ring (bicyclic) bond motifs is 3. The van der Waals surface area contributed by atoms with Crippen LogP contribution in [0.25, 0.3) is 33.9 Å². The van der Waals surface area contributed by atoms with E-state index < -0.39 is 5.41 Å². The fourth-order valence-corrected chi connectivity index (χ4v) is 5.58. The van der Waals surface area contributed by atoms with E-state index in [4.69, 9.17) is 15.0 Å². The van der Waals surface area contributed by atoms with Gasteiger partial charge < -0.3 is 0 Å². The standard InChI is InChI=1S/C34H23N3/c1-4-14-24(15-5-1)31-35-32(25-16-6-2-7-17-25)37-33(36-31)34(26-18-8-3-9-19-26)29-22-12-10-20-27(29)28-21-11-13-23-30(28)34/h1-23H. The molecule has 3 nitrogen and oxygen atoms in total. The summed E-state index contributed by atoms with van der Waals surface area (Å²) in [6, 6.07) is 48.2. The van der Waals surface area contributed by atoms with Crippen LogP contribution in [-0.2, 0) is 5.41 Å². The number of hydrogen-bond donors (Lipinski definition) is 0. The minimum absolute atomic E-state index is 0.668. The van der Waals surface area contributed by atoms with Crippen LogP contribution in [0.2, 0.25) is 0 Å². The van der Waals surface area contributed by atoms with Crippen LogP contribution in [0.4, 0.5) is 0 Å². The molecule has 1 aliphatic rings. The number of nitrogens with zero attached hydrogens (tertiary/aromatic N) is 3. The zero-order valence-electron chi connectivity index (χ0n) is 20.1. The van der Waals surface area contributed by atoms with Gasteiger partial charge in [0.05, 0.1) is 0 Å². The quantitative estimate of drug-likeness (QED) is 0.265. The predicted octanol–water partition coefficient (Wildman–Crippen LogP) is 7.57. The largest absolute Gasteiger partial charge is 0.211 e. The first-order valence-corrected chi connectivity index (χ1v) is 12.5. The van der Waals surface area contributed by atoms with Crippen LogP contribution in [0, 0.1) is 0 Å². The summed E-state index contributed by atoms with van der Waals surface area (Å²) in [5.74, 6) is 2.06. The van der Waals surface area contributed by atoms with E-state index in [0.717, 1.165) is 22.5 Å². The third-order valence-corrected chi connectivity index (χ3v) is 7.19.